The molecular formula is C14H17NO3. The molecule has 0 aromatic heterocycles. The summed E-state index contributed by atoms with van der Waals surface area (Å²) in [6.07, 6.45) is 1.35. The van der Waals surface area contributed by atoms with Crippen molar-refractivity contribution in [3.05, 3.63) is 35.9 Å². The Morgan fingerprint density at radius 2 is 2.00 bits per heavy atom. The molecule has 0 spiro atoms. The lowest BCUT2D eigenvalue weighted by Crippen LogP contribution is -2.37. The van der Waals surface area contributed by atoms with Gasteiger partial charge in [0.2, 0.25) is 5.91 Å². The van der Waals surface area contributed by atoms with Crippen molar-refractivity contribution in [3.8, 4) is 0 Å². The third-order valence-corrected chi connectivity index (χ3v) is 3.04. The lowest BCUT2D eigenvalue weighted by atomic mass is 10.1. The average Bonchev–Trinajstić information content (AvgIpc) is 2.83. The Morgan fingerprint density at radius 3 is 2.61 bits per heavy atom. The molecule has 1 aliphatic heterocycles. The number of carbonyl (C=O) groups is 2. The van der Waals surface area contributed by atoms with Gasteiger partial charge < -0.3 is 10.1 Å². The molecule has 0 aliphatic carbocycles. The van der Waals surface area contributed by atoms with E-state index in [0.29, 0.717) is 5.56 Å². The number of nitrogens with one attached hydrogen (secondary N) is 1. The van der Waals surface area contributed by atoms with Crippen LogP contribution in [0.15, 0.2) is 30.3 Å². The second-order valence-electron chi connectivity index (χ2n) is 4.52. The van der Waals surface area contributed by atoms with E-state index >= 15 is 0 Å². The van der Waals surface area contributed by atoms with Crippen LogP contribution in [0.1, 0.15) is 30.1 Å². The lowest BCUT2D eigenvalue weighted by Gasteiger charge is -2.11. The van der Waals surface area contributed by atoms with Crippen molar-refractivity contribution in [2.45, 2.75) is 32.0 Å². The zero-order valence-corrected chi connectivity index (χ0v) is 10.4. The van der Waals surface area contributed by atoms with Gasteiger partial charge in [-0.1, -0.05) is 30.3 Å². The normalized spacial score (nSPS) is 22.7. The number of ether oxygens (including phenoxy) is 1. The van der Waals surface area contributed by atoms with Crippen LogP contribution in [0.3, 0.4) is 0 Å². The molecule has 0 bridgehead atoms. The van der Waals surface area contributed by atoms with Gasteiger partial charge in [-0.05, 0) is 19.8 Å². The molecule has 1 heterocycles. The molecule has 0 saturated carbocycles. The number of hydrogen-bond acceptors (Lipinski definition) is 3. The molecule has 1 amide bonds. The minimum atomic E-state index is -0.399. The van der Waals surface area contributed by atoms with E-state index in [4.69, 9.17) is 4.74 Å². The minimum absolute atomic E-state index is 0.0249. The van der Waals surface area contributed by atoms with Crippen molar-refractivity contribution < 1.29 is 14.3 Å². The molecule has 4 nitrogen and oxygen atoms in total. The summed E-state index contributed by atoms with van der Waals surface area (Å²) in [7, 11) is 0. The van der Waals surface area contributed by atoms with Gasteiger partial charge in [0.05, 0.1) is 12.6 Å². The van der Waals surface area contributed by atoms with E-state index in [1.165, 1.54) is 0 Å². The third kappa shape index (κ3) is 3.17. The molecule has 2 rings (SSSR count). The van der Waals surface area contributed by atoms with Gasteiger partial charge in [-0.15, -0.1) is 0 Å². The largest absolute Gasteiger partial charge is 0.365 e. The Hall–Kier alpha value is -1.68. The average molecular weight is 247 g/mol. The quantitative estimate of drug-likeness (QED) is 0.821. The Kier molecular flexibility index (Phi) is 4.10. The van der Waals surface area contributed by atoms with Gasteiger partial charge in [0.1, 0.15) is 6.10 Å². The first kappa shape index (κ1) is 12.8. The fourth-order valence-corrected chi connectivity index (χ4v) is 2.00. The van der Waals surface area contributed by atoms with Gasteiger partial charge in [0, 0.05) is 5.56 Å². The molecular weight excluding hydrogens is 230 g/mol. The second kappa shape index (κ2) is 5.78. The predicted molar refractivity (Wildman–Crippen MR) is 67.4 cm³/mol. The Balaban J connectivity index is 1.81. The number of ketones is 1. The van der Waals surface area contributed by atoms with Gasteiger partial charge in [-0.25, -0.2) is 0 Å². The summed E-state index contributed by atoms with van der Waals surface area (Å²) in [5.41, 5.74) is 0.610. The summed E-state index contributed by atoms with van der Waals surface area (Å²) in [5.74, 6) is -0.279. The number of benzene rings is 1. The van der Waals surface area contributed by atoms with E-state index in [1.807, 2.05) is 13.0 Å². The first-order valence-electron chi connectivity index (χ1n) is 6.18. The highest BCUT2D eigenvalue weighted by molar-refractivity contribution is 5.99. The zero-order valence-electron chi connectivity index (χ0n) is 10.4. The molecule has 1 fully saturated rings. The van der Waals surface area contributed by atoms with Crippen LogP contribution in [0.25, 0.3) is 0 Å². The second-order valence-corrected chi connectivity index (χ2v) is 4.52. The summed E-state index contributed by atoms with van der Waals surface area (Å²) in [6.45, 7) is 1.97. The summed E-state index contributed by atoms with van der Waals surface area (Å²) in [4.78, 5) is 23.5. The van der Waals surface area contributed by atoms with Crippen molar-refractivity contribution in [1.29, 1.82) is 0 Å². The van der Waals surface area contributed by atoms with Crippen LogP contribution in [0, 0.1) is 0 Å². The lowest BCUT2D eigenvalue weighted by molar-refractivity contribution is -0.131. The topological polar surface area (TPSA) is 55.4 Å². The molecule has 18 heavy (non-hydrogen) atoms. The Morgan fingerprint density at radius 1 is 1.28 bits per heavy atom. The molecule has 1 saturated heterocycles. The van der Waals surface area contributed by atoms with Crippen LogP contribution in [0.2, 0.25) is 0 Å². The number of rotatable bonds is 4. The summed E-state index contributed by atoms with van der Waals surface area (Å²) >= 11 is 0. The van der Waals surface area contributed by atoms with Gasteiger partial charge in [0.25, 0.3) is 0 Å². The maximum atomic E-state index is 11.8. The third-order valence-electron chi connectivity index (χ3n) is 3.04. The standard InChI is InChI=1S/C14H17NO3/c1-10-7-8-13(18-10)14(17)15-9-12(16)11-5-3-2-4-6-11/h2-6,10,13H,7-9H2,1H3,(H,15,17). The summed E-state index contributed by atoms with van der Waals surface area (Å²) < 4.78 is 5.44. The number of carbonyl (C=O) groups excluding carboxylic acids is 2. The van der Waals surface area contributed by atoms with Crippen molar-refractivity contribution >= 4 is 11.7 Å². The first-order valence-corrected chi connectivity index (χ1v) is 6.18. The maximum Gasteiger partial charge on any atom is 0.249 e. The predicted octanol–water partition coefficient (Wildman–Crippen LogP) is 1.55. The summed E-state index contributed by atoms with van der Waals surface area (Å²) in [6, 6.07) is 8.93. The van der Waals surface area contributed by atoms with Crippen LogP contribution >= 0.6 is 0 Å². The summed E-state index contributed by atoms with van der Waals surface area (Å²) in [5, 5.41) is 2.63. The van der Waals surface area contributed by atoms with Crippen LogP contribution in [-0.2, 0) is 9.53 Å². The molecule has 0 radical (unpaired) electrons. The molecule has 1 aromatic rings. The highest BCUT2D eigenvalue weighted by atomic mass is 16.5. The molecule has 4 heteroatoms. The van der Waals surface area contributed by atoms with Crippen molar-refractivity contribution in [2.24, 2.45) is 0 Å². The van der Waals surface area contributed by atoms with Crippen LogP contribution in [0.4, 0.5) is 0 Å². The van der Waals surface area contributed by atoms with Gasteiger partial charge in [0.15, 0.2) is 5.78 Å². The van der Waals surface area contributed by atoms with E-state index < -0.39 is 6.10 Å². The smallest absolute Gasteiger partial charge is 0.249 e. The van der Waals surface area contributed by atoms with Gasteiger partial charge >= 0.3 is 0 Å². The van der Waals surface area contributed by atoms with Crippen LogP contribution in [-0.4, -0.2) is 30.4 Å². The fraction of sp³-hybridized carbons (Fsp3) is 0.429. The van der Waals surface area contributed by atoms with E-state index in [-0.39, 0.29) is 24.3 Å². The van der Waals surface area contributed by atoms with Crippen molar-refractivity contribution in [3.63, 3.8) is 0 Å². The molecule has 1 N–H and O–H groups in total. The Bertz CT molecular complexity index is 430. The van der Waals surface area contributed by atoms with Crippen LogP contribution in [0.5, 0.6) is 0 Å². The van der Waals surface area contributed by atoms with Crippen molar-refractivity contribution in [2.75, 3.05) is 6.54 Å². The number of amides is 1. The fourth-order valence-electron chi connectivity index (χ4n) is 2.00. The number of hydrogen-bond donors (Lipinski definition) is 1. The van der Waals surface area contributed by atoms with E-state index in [9.17, 15) is 9.59 Å². The minimum Gasteiger partial charge on any atom is -0.365 e. The monoisotopic (exact) mass is 247 g/mol. The highest BCUT2D eigenvalue weighted by Gasteiger charge is 2.28. The molecule has 2 atom stereocenters. The SMILES string of the molecule is CC1CCC(C(=O)NCC(=O)c2ccccc2)O1. The Labute approximate surface area is 106 Å². The molecule has 1 aliphatic rings. The van der Waals surface area contributed by atoms with E-state index in [2.05, 4.69) is 5.32 Å². The first-order chi connectivity index (χ1) is 8.66. The van der Waals surface area contributed by atoms with E-state index in [0.717, 1.165) is 12.8 Å². The maximum absolute atomic E-state index is 11.8. The molecule has 1 aromatic carbocycles. The van der Waals surface area contributed by atoms with Crippen LogP contribution < -0.4 is 5.32 Å². The van der Waals surface area contributed by atoms with E-state index in [1.54, 1.807) is 24.3 Å². The van der Waals surface area contributed by atoms with Crippen molar-refractivity contribution in [1.82, 2.24) is 5.32 Å². The van der Waals surface area contributed by atoms with Gasteiger partial charge in [-0.3, -0.25) is 9.59 Å². The molecule has 2 unspecified atom stereocenters. The highest BCUT2D eigenvalue weighted by Crippen LogP contribution is 2.18. The zero-order chi connectivity index (χ0) is 13.0. The molecule has 96 valence electrons. The number of Topliss-reactive ketones (excluding diaryl/α,β-unsaturated/α-hetero) is 1. The van der Waals surface area contributed by atoms with Gasteiger partial charge in [-0.2, -0.15) is 0 Å².